The molecule has 2 heterocycles. The van der Waals surface area contributed by atoms with Crippen LogP contribution < -0.4 is 5.32 Å². The van der Waals surface area contributed by atoms with E-state index in [1.807, 2.05) is 25.7 Å². The van der Waals surface area contributed by atoms with E-state index in [-0.39, 0.29) is 5.91 Å². The van der Waals surface area contributed by atoms with E-state index in [1.54, 1.807) is 35.6 Å². The molecule has 1 aliphatic heterocycles. The van der Waals surface area contributed by atoms with Crippen LogP contribution in [-0.4, -0.2) is 53.6 Å². The Balaban J connectivity index is 1.55. The zero-order valence-corrected chi connectivity index (χ0v) is 17.4. The maximum absolute atomic E-state index is 12.9. The van der Waals surface area contributed by atoms with Crippen LogP contribution in [0.3, 0.4) is 0 Å². The monoisotopic (exact) mass is 401 g/mol. The molecule has 28 heavy (non-hydrogen) atoms. The number of rotatable bonds is 4. The van der Waals surface area contributed by atoms with Crippen molar-refractivity contribution in [3.05, 3.63) is 52.2 Å². The zero-order valence-electron chi connectivity index (χ0n) is 16.6. The van der Waals surface area contributed by atoms with Gasteiger partial charge in [0, 0.05) is 48.9 Å². The molecule has 0 saturated carbocycles. The van der Waals surface area contributed by atoms with Crippen molar-refractivity contribution in [2.24, 2.45) is 0 Å². The van der Waals surface area contributed by atoms with Crippen LogP contribution in [0.5, 0.6) is 0 Å². The lowest BCUT2D eigenvalue weighted by molar-refractivity contribution is 0.0620. The molecule has 0 spiro atoms. The number of amides is 2. The fourth-order valence-electron chi connectivity index (χ4n) is 3.07. The predicted molar refractivity (Wildman–Crippen MR) is 112 cm³/mol. The van der Waals surface area contributed by atoms with Crippen molar-refractivity contribution in [1.29, 1.82) is 0 Å². The Labute approximate surface area is 170 Å². The van der Waals surface area contributed by atoms with E-state index in [2.05, 4.69) is 27.7 Å². The number of ether oxygens (including phenoxy) is 1. The first-order valence-electron chi connectivity index (χ1n) is 9.44. The number of hydrogen-bond donors (Lipinski definition) is 1. The maximum atomic E-state index is 12.9. The number of nitrogens with one attached hydrogen (secondary N) is 1. The van der Waals surface area contributed by atoms with Crippen molar-refractivity contribution in [2.45, 2.75) is 32.9 Å². The lowest BCUT2D eigenvalue weighted by atomic mass is 10.1. The average molecular weight is 402 g/mol. The molecule has 0 radical (unpaired) electrons. The lowest BCUT2D eigenvalue weighted by Gasteiger charge is -2.34. The number of piperazine rings is 1. The molecule has 1 aromatic carbocycles. The highest BCUT2D eigenvalue weighted by molar-refractivity contribution is 7.09. The summed E-state index contributed by atoms with van der Waals surface area (Å²) in [5, 5.41) is 4.78. The van der Waals surface area contributed by atoms with Crippen LogP contribution in [0.2, 0.25) is 0 Å². The minimum atomic E-state index is -0.569. The summed E-state index contributed by atoms with van der Waals surface area (Å²) in [6, 6.07) is 11.2. The first kappa shape index (κ1) is 20.4. The van der Waals surface area contributed by atoms with Gasteiger partial charge < -0.3 is 9.64 Å². The molecule has 150 valence electrons. The third-order valence-electron chi connectivity index (χ3n) is 4.37. The Morgan fingerprint density at radius 3 is 2.50 bits per heavy atom. The van der Waals surface area contributed by atoms with Gasteiger partial charge >= 0.3 is 6.09 Å². The summed E-state index contributed by atoms with van der Waals surface area (Å²) in [7, 11) is 0. The van der Waals surface area contributed by atoms with E-state index in [0.29, 0.717) is 24.3 Å². The quantitative estimate of drug-likeness (QED) is 0.839. The van der Waals surface area contributed by atoms with Gasteiger partial charge in [-0.15, -0.1) is 11.3 Å². The normalized spacial score (nSPS) is 15.3. The number of benzene rings is 1. The standard InChI is InChI=1S/C21H27N3O3S/c1-21(2,3)27-20(26)22-17-7-4-6-16(14-17)19(25)24-11-9-23(10-12-24)15-18-8-5-13-28-18/h4-8,13-14H,9-12,15H2,1-3H3,(H,22,26). The number of carbonyl (C=O) groups excluding carboxylic acids is 2. The first-order chi connectivity index (χ1) is 13.3. The topological polar surface area (TPSA) is 61.9 Å². The molecule has 1 fully saturated rings. The van der Waals surface area contributed by atoms with Gasteiger partial charge in [-0.2, -0.15) is 0 Å². The fraction of sp³-hybridized carbons (Fsp3) is 0.429. The molecule has 2 aromatic rings. The minimum absolute atomic E-state index is 0.0105. The molecule has 0 bridgehead atoms. The Morgan fingerprint density at radius 2 is 1.86 bits per heavy atom. The van der Waals surface area contributed by atoms with Gasteiger partial charge in [-0.1, -0.05) is 12.1 Å². The predicted octanol–water partition coefficient (Wildman–Crippen LogP) is 4.05. The van der Waals surface area contributed by atoms with Crippen molar-refractivity contribution < 1.29 is 14.3 Å². The van der Waals surface area contributed by atoms with Gasteiger partial charge in [0.15, 0.2) is 0 Å². The van der Waals surface area contributed by atoms with Gasteiger partial charge in [-0.3, -0.25) is 15.0 Å². The van der Waals surface area contributed by atoms with E-state index in [1.165, 1.54) is 4.88 Å². The Bertz CT molecular complexity index is 807. The van der Waals surface area contributed by atoms with E-state index >= 15 is 0 Å². The highest BCUT2D eigenvalue weighted by Gasteiger charge is 2.23. The van der Waals surface area contributed by atoms with Crippen molar-refractivity contribution in [2.75, 3.05) is 31.5 Å². The van der Waals surface area contributed by atoms with Crippen molar-refractivity contribution in [1.82, 2.24) is 9.80 Å². The summed E-state index contributed by atoms with van der Waals surface area (Å²) >= 11 is 1.76. The summed E-state index contributed by atoms with van der Waals surface area (Å²) in [6.45, 7) is 9.50. The second-order valence-electron chi connectivity index (χ2n) is 7.86. The summed E-state index contributed by atoms with van der Waals surface area (Å²) in [5.41, 5.74) is 0.553. The lowest BCUT2D eigenvalue weighted by Crippen LogP contribution is -2.48. The van der Waals surface area contributed by atoms with E-state index in [9.17, 15) is 9.59 Å². The van der Waals surface area contributed by atoms with Gasteiger partial charge in [0.25, 0.3) is 5.91 Å². The average Bonchev–Trinajstić information content (AvgIpc) is 3.13. The van der Waals surface area contributed by atoms with Gasteiger partial charge in [-0.05, 0) is 50.4 Å². The Kier molecular flexibility index (Phi) is 6.36. The zero-order chi connectivity index (χ0) is 20.1. The van der Waals surface area contributed by atoms with E-state index in [4.69, 9.17) is 4.74 Å². The SMILES string of the molecule is CC(C)(C)OC(=O)Nc1cccc(C(=O)N2CCN(Cc3cccs3)CC2)c1. The molecule has 7 heteroatoms. The third-order valence-corrected chi connectivity index (χ3v) is 5.24. The molecule has 0 atom stereocenters. The smallest absolute Gasteiger partial charge is 0.412 e. The largest absolute Gasteiger partial charge is 0.444 e. The third kappa shape index (κ3) is 5.81. The highest BCUT2D eigenvalue weighted by atomic mass is 32.1. The van der Waals surface area contributed by atoms with E-state index < -0.39 is 11.7 Å². The van der Waals surface area contributed by atoms with Crippen LogP contribution in [-0.2, 0) is 11.3 Å². The Morgan fingerprint density at radius 1 is 1.11 bits per heavy atom. The van der Waals surface area contributed by atoms with Crippen molar-refractivity contribution in [3.63, 3.8) is 0 Å². The second-order valence-corrected chi connectivity index (χ2v) is 8.89. The molecule has 1 saturated heterocycles. The van der Waals surface area contributed by atoms with Crippen LogP contribution in [0.4, 0.5) is 10.5 Å². The van der Waals surface area contributed by atoms with Crippen LogP contribution in [0.1, 0.15) is 36.0 Å². The van der Waals surface area contributed by atoms with Gasteiger partial charge in [0.2, 0.25) is 0 Å². The molecule has 6 nitrogen and oxygen atoms in total. The minimum Gasteiger partial charge on any atom is -0.444 e. The van der Waals surface area contributed by atoms with E-state index in [0.717, 1.165) is 19.6 Å². The molecule has 2 amide bonds. The Hall–Kier alpha value is -2.38. The van der Waals surface area contributed by atoms with Gasteiger partial charge in [0.05, 0.1) is 0 Å². The fourth-order valence-corrected chi connectivity index (χ4v) is 3.81. The molecular formula is C21H27N3O3S. The number of nitrogens with zero attached hydrogens (tertiary/aromatic N) is 2. The van der Waals surface area contributed by atoms with Gasteiger partial charge in [0.1, 0.15) is 5.60 Å². The van der Waals surface area contributed by atoms with Crippen LogP contribution in [0, 0.1) is 0 Å². The number of thiophene rings is 1. The summed E-state index contributed by atoms with van der Waals surface area (Å²) in [5.74, 6) is -0.0105. The van der Waals surface area contributed by atoms with Crippen LogP contribution >= 0.6 is 11.3 Å². The van der Waals surface area contributed by atoms with Crippen LogP contribution in [0.15, 0.2) is 41.8 Å². The number of hydrogen-bond acceptors (Lipinski definition) is 5. The molecule has 0 unspecified atom stereocenters. The molecule has 1 N–H and O–H groups in total. The van der Waals surface area contributed by atoms with Gasteiger partial charge in [-0.25, -0.2) is 4.79 Å². The number of carbonyl (C=O) groups is 2. The summed E-state index contributed by atoms with van der Waals surface area (Å²) in [6.07, 6.45) is -0.528. The molecule has 0 aliphatic carbocycles. The first-order valence-corrected chi connectivity index (χ1v) is 10.3. The highest BCUT2D eigenvalue weighted by Crippen LogP contribution is 2.17. The summed E-state index contributed by atoms with van der Waals surface area (Å²) < 4.78 is 5.26. The molecule has 1 aromatic heterocycles. The van der Waals surface area contributed by atoms with Crippen LogP contribution in [0.25, 0.3) is 0 Å². The molecule has 1 aliphatic rings. The molecular weight excluding hydrogens is 374 g/mol. The molecule has 3 rings (SSSR count). The van der Waals surface area contributed by atoms with Crippen molar-refractivity contribution in [3.8, 4) is 0 Å². The second kappa shape index (κ2) is 8.75. The van der Waals surface area contributed by atoms with Crippen molar-refractivity contribution >= 4 is 29.0 Å². The number of anilines is 1. The maximum Gasteiger partial charge on any atom is 0.412 e. The summed E-state index contributed by atoms with van der Waals surface area (Å²) in [4.78, 5) is 30.4.